The molecule has 4 aliphatic rings. The molecule has 5 heterocycles. The van der Waals surface area contributed by atoms with Gasteiger partial charge in [-0.2, -0.15) is 0 Å². The molecule has 1 aromatic carbocycles. The predicted octanol–water partition coefficient (Wildman–Crippen LogP) is 5.75. The van der Waals surface area contributed by atoms with E-state index in [-0.39, 0.29) is 30.6 Å². The number of hydrogen-bond donors (Lipinski definition) is 1. The number of rotatable bonds is 8. The second kappa shape index (κ2) is 18.8. The number of carbonyl (C=O) groups excluding carboxylic acids is 3. The second-order valence-corrected chi connectivity index (χ2v) is 17.8. The topological polar surface area (TPSA) is 149 Å². The molecule has 1 N–H and O–H groups in total. The van der Waals surface area contributed by atoms with Gasteiger partial charge >= 0.3 is 12.1 Å². The van der Waals surface area contributed by atoms with E-state index < -0.39 is 71.5 Å². The number of carbonyl (C=O) groups is 3. The van der Waals surface area contributed by atoms with Crippen molar-refractivity contribution in [1.29, 1.82) is 0 Å². The number of hydrogen-bond acceptors (Lipinski definition) is 12. The van der Waals surface area contributed by atoms with Gasteiger partial charge < -0.3 is 33.7 Å². The van der Waals surface area contributed by atoms with Gasteiger partial charge in [-0.3, -0.25) is 24.5 Å². The molecule has 1 amide bonds. The van der Waals surface area contributed by atoms with E-state index in [0.29, 0.717) is 38.8 Å². The molecule has 6 rings (SSSR count). The molecule has 0 saturated carbocycles. The van der Waals surface area contributed by atoms with E-state index in [1.54, 1.807) is 18.0 Å². The molecule has 0 unspecified atom stereocenters. The molecular formula is C47H64N4O9. The van der Waals surface area contributed by atoms with Crippen LogP contribution >= 0.6 is 0 Å². The number of pyridine rings is 1. The number of likely N-dealkylation sites (N-methyl/N-ethyl adjacent to an activating group) is 1. The summed E-state index contributed by atoms with van der Waals surface area (Å²) in [5.41, 5.74) is 1.39. The number of aliphatic hydroxyl groups is 1. The monoisotopic (exact) mass is 828 g/mol. The van der Waals surface area contributed by atoms with Crippen molar-refractivity contribution in [2.24, 2.45) is 28.7 Å². The van der Waals surface area contributed by atoms with Crippen LogP contribution in [0.5, 0.6) is 0 Å². The summed E-state index contributed by atoms with van der Waals surface area (Å²) in [7, 11) is 3.80. The van der Waals surface area contributed by atoms with Crippen molar-refractivity contribution in [2.45, 2.75) is 135 Å². The molecule has 13 atom stereocenters. The highest BCUT2D eigenvalue weighted by atomic mass is 16.7. The predicted molar refractivity (Wildman–Crippen MR) is 227 cm³/mol. The van der Waals surface area contributed by atoms with Crippen molar-refractivity contribution >= 4 is 23.6 Å². The molecule has 3 fully saturated rings. The van der Waals surface area contributed by atoms with Gasteiger partial charge in [-0.1, -0.05) is 69.9 Å². The van der Waals surface area contributed by atoms with Crippen LogP contribution in [-0.2, 0) is 39.7 Å². The van der Waals surface area contributed by atoms with Gasteiger partial charge in [0.25, 0.3) is 0 Å². The Balaban J connectivity index is 1.37. The molecule has 2 aromatic rings. The molecule has 0 spiro atoms. The van der Waals surface area contributed by atoms with Gasteiger partial charge in [0.15, 0.2) is 17.7 Å². The van der Waals surface area contributed by atoms with Crippen LogP contribution in [-0.4, -0.2) is 131 Å². The largest absolute Gasteiger partial charge is 0.458 e. The van der Waals surface area contributed by atoms with Gasteiger partial charge in [0.2, 0.25) is 0 Å². The van der Waals surface area contributed by atoms with Crippen LogP contribution in [0, 0.1) is 35.5 Å². The maximum absolute atomic E-state index is 14.6. The van der Waals surface area contributed by atoms with E-state index in [1.165, 1.54) is 6.92 Å². The second-order valence-electron chi connectivity index (χ2n) is 17.8. The lowest BCUT2D eigenvalue weighted by molar-refractivity contribution is -0.296. The van der Waals surface area contributed by atoms with E-state index >= 15 is 0 Å². The Bertz CT molecular complexity index is 1930. The summed E-state index contributed by atoms with van der Waals surface area (Å²) in [4.78, 5) is 55.3. The summed E-state index contributed by atoms with van der Waals surface area (Å²) in [6, 6.07) is 13.2. The number of esters is 1. The standard InChI is InChI=1S/C47H64N4O9/c1-11-37-47(8)41-30(4)38(49-23-24-51(41)45(55)60-47)28(2)27-46(7,56-25-15-13-16-33-18-20-34(21-19-33)35-17-12-14-22-48-35)42(31(5)39(52)32(6)43(54)58-37)59-44-40(53)36(50(9)10)26-29(3)57-44/h12,14,17-22,28-32,36-37,40-42,44,53H,11,16,23-27H2,1-10H3/t28-,29-,30+,31+,32-,36+,37-,40-,41+,42-,44+,46+,47-/m1/s1. The van der Waals surface area contributed by atoms with Crippen molar-refractivity contribution in [2.75, 3.05) is 33.8 Å². The molecule has 2 bridgehead atoms. The fourth-order valence-corrected chi connectivity index (χ4v) is 9.99. The molecule has 1 aromatic heterocycles. The average Bonchev–Trinajstić information content (AvgIpc) is 3.35. The van der Waals surface area contributed by atoms with Gasteiger partial charge in [-0.25, -0.2) is 4.79 Å². The Kier molecular flexibility index (Phi) is 14.2. The van der Waals surface area contributed by atoms with Crippen LogP contribution in [0.25, 0.3) is 11.3 Å². The molecule has 13 nitrogen and oxygen atoms in total. The molecule has 13 heteroatoms. The summed E-state index contributed by atoms with van der Waals surface area (Å²) < 4.78 is 32.3. The fourth-order valence-electron chi connectivity index (χ4n) is 9.99. The van der Waals surface area contributed by atoms with Crippen LogP contribution in [0.4, 0.5) is 4.79 Å². The number of Topliss-reactive ketones (excluding diaryl/α,β-unsaturated/α-hetero) is 1. The Hall–Kier alpha value is -4.19. The Morgan fingerprint density at radius 1 is 1.00 bits per heavy atom. The number of cyclic esters (lactones) is 1. The van der Waals surface area contributed by atoms with Crippen molar-refractivity contribution < 1.29 is 43.2 Å². The summed E-state index contributed by atoms with van der Waals surface area (Å²) in [6.45, 7) is 15.7. The van der Waals surface area contributed by atoms with E-state index in [9.17, 15) is 19.5 Å². The number of nitrogens with zero attached hydrogens (tertiary/aromatic N) is 4. The first-order valence-electron chi connectivity index (χ1n) is 21.5. The first-order valence-corrected chi connectivity index (χ1v) is 21.5. The highest BCUT2D eigenvalue weighted by molar-refractivity contribution is 6.00. The van der Waals surface area contributed by atoms with Crippen molar-refractivity contribution in [1.82, 2.24) is 14.8 Å². The maximum atomic E-state index is 14.6. The van der Waals surface area contributed by atoms with Crippen molar-refractivity contribution in [3.05, 3.63) is 54.2 Å². The van der Waals surface area contributed by atoms with Gasteiger partial charge in [0.05, 0.1) is 36.1 Å². The molecule has 0 aliphatic carbocycles. The minimum atomic E-state index is -1.23. The zero-order valence-electron chi connectivity index (χ0n) is 36.9. The molecule has 60 heavy (non-hydrogen) atoms. The van der Waals surface area contributed by atoms with Gasteiger partial charge in [-0.05, 0) is 84.7 Å². The van der Waals surface area contributed by atoms with E-state index in [2.05, 4.69) is 23.7 Å². The SMILES string of the molecule is CC[C@H]1OC(=O)[C@H](C)C(=O)[C@H](C)[C@@H](O[C@@H]2O[C@H](C)C[C@H](N(C)C)[C@H]2O)[C@@](C)(OCC#CCc2ccc(-c3ccccn3)cc2)C[C@@H](C)C2=NCCN3C(=O)O[C@@]1(C)[C@@H]3[C@H]2C. The average molecular weight is 829 g/mol. The number of fused-ring (bicyclic) bond motifs is 1. The minimum absolute atomic E-state index is 0.00936. The summed E-state index contributed by atoms with van der Waals surface area (Å²) in [5.74, 6) is 2.67. The first-order chi connectivity index (χ1) is 28.5. The Labute approximate surface area is 355 Å². The molecule has 326 valence electrons. The molecule has 0 radical (unpaired) electrons. The Morgan fingerprint density at radius 3 is 2.40 bits per heavy atom. The summed E-state index contributed by atoms with van der Waals surface area (Å²) in [5, 5.41) is 11.7. The third-order valence-electron chi connectivity index (χ3n) is 13.2. The lowest BCUT2D eigenvalue weighted by Crippen LogP contribution is -2.60. The van der Waals surface area contributed by atoms with Gasteiger partial charge in [0, 0.05) is 48.3 Å². The zero-order valence-corrected chi connectivity index (χ0v) is 36.9. The quantitative estimate of drug-likeness (QED) is 0.197. The van der Waals surface area contributed by atoms with Crippen LogP contribution in [0.1, 0.15) is 80.2 Å². The number of ether oxygens (including phenoxy) is 5. The first kappa shape index (κ1) is 45.3. The lowest BCUT2D eigenvalue weighted by atomic mass is 9.73. The molecular weight excluding hydrogens is 765 g/mol. The smallest absolute Gasteiger partial charge is 0.410 e. The number of ketones is 1. The van der Waals surface area contributed by atoms with Gasteiger partial charge in [0.1, 0.15) is 24.7 Å². The van der Waals surface area contributed by atoms with Crippen molar-refractivity contribution in [3.8, 4) is 23.1 Å². The van der Waals surface area contributed by atoms with E-state index in [1.807, 2.05) is 96.1 Å². The third kappa shape index (κ3) is 9.33. The lowest BCUT2D eigenvalue weighted by Gasteiger charge is -2.47. The maximum Gasteiger partial charge on any atom is 0.410 e. The summed E-state index contributed by atoms with van der Waals surface area (Å²) in [6.07, 6.45) is -1.16. The number of amides is 1. The number of aliphatic hydroxyl groups excluding tert-OH is 1. The van der Waals surface area contributed by atoms with Gasteiger partial charge in [-0.15, -0.1) is 0 Å². The minimum Gasteiger partial charge on any atom is -0.458 e. The number of aromatic nitrogens is 1. The highest BCUT2D eigenvalue weighted by Gasteiger charge is 2.60. The van der Waals surface area contributed by atoms with Crippen LogP contribution < -0.4 is 0 Å². The number of aliphatic imine (C=N–C) groups is 1. The van der Waals surface area contributed by atoms with Crippen LogP contribution in [0.15, 0.2) is 53.7 Å². The van der Waals surface area contributed by atoms with Crippen LogP contribution in [0.3, 0.4) is 0 Å². The summed E-state index contributed by atoms with van der Waals surface area (Å²) >= 11 is 0. The Morgan fingerprint density at radius 2 is 1.73 bits per heavy atom. The van der Waals surface area contributed by atoms with Crippen molar-refractivity contribution in [3.63, 3.8) is 0 Å². The molecule has 3 saturated heterocycles. The van der Waals surface area contributed by atoms with E-state index in [4.69, 9.17) is 28.7 Å². The fraction of sp³-hybridized carbons (Fsp3) is 0.638. The van der Waals surface area contributed by atoms with E-state index in [0.717, 1.165) is 22.5 Å². The normalized spacial score (nSPS) is 36.3. The van der Waals surface area contributed by atoms with Crippen LogP contribution in [0.2, 0.25) is 0 Å². The highest BCUT2D eigenvalue weighted by Crippen LogP contribution is 2.44. The third-order valence-corrected chi connectivity index (χ3v) is 13.2. The zero-order chi connectivity index (χ0) is 43.5. The molecule has 4 aliphatic heterocycles. The number of benzene rings is 1.